The van der Waals surface area contributed by atoms with Gasteiger partial charge in [0, 0.05) is 33.0 Å². The van der Waals surface area contributed by atoms with Crippen molar-refractivity contribution in [1.29, 1.82) is 0 Å². The van der Waals surface area contributed by atoms with Crippen molar-refractivity contribution in [1.82, 2.24) is 5.32 Å². The fourth-order valence-electron chi connectivity index (χ4n) is 2.76. The molecule has 3 rings (SSSR count). The molecule has 0 bridgehead atoms. The third-order valence-corrected chi connectivity index (χ3v) is 5.19. The topological polar surface area (TPSA) is 12.0 Å². The molecule has 0 aliphatic carbocycles. The Labute approximate surface area is 137 Å². The van der Waals surface area contributed by atoms with E-state index in [1.54, 1.807) is 0 Å². The molecule has 0 saturated carbocycles. The lowest BCUT2D eigenvalue weighted by atomic mass is 9.71. The number of benzene rings is 2. The van der Waals surface area contributed by atoms with E-state index in [2.05, 4.69) is 39.4 Å². The molecule has 0 radical (unpaired) electrons. The lowest BCUT2D eigenvalue weighted by Crippen LogP contribution is -2.58. The van der Waals surface area contributed by atoms with Gasteiger partial charge >= 0.3 is 0 Å². The Morgan fingerprint density at radius 3 is 2.45 bits per heavy atom. The molecule has 0 atom stereocenters. The summed E-state index contributed by atoms with van der Waals surface area (Å²) in [6.07, 6.45) is 0.915. The zero-order chi connectivity index (χ0) is 14.2. The number of hydrogen-bond donors (Lipinski definition) is 1. The number of rotatable bonds is 3. The largest absolute Gasteiger partial charge is 0.315 e. The molecule has 1 fully saturated rings. The monoisotopic (exact) mass is 369 g/mol. The van der Waals surface area contributed by atoms with Crippen LogP contribution in [0.1, 0.15) is 11.1 Å². The minimum Gasteiger partial charge on any atom is -0.315 e. The van der Waals surface area contributed by atoms with Crippen LogP contribution in [0.25, 0.3) is 0 Å². The molecule has 1 saturated heterocycles. The van der Waals surface area contributed by atoms with Crippen LogP contribution in [0.4, 0.5) is 0 Å². The highest BCUT2D eigenvalue weighted by molar-refractivity contribution is 9.10. The van der Waals surface area contributed by atoms with Crippen molar-refractivity contribution in [3.05, 3.63) is 68.1 Å². The van der Waals surface area contributed by atoms with Crippen molar-refractivity contribution in [2.75, 3.05) is 13.1 Å². The van der Waals surface area contributed by atoms with Crippen molar-refractivity contribution >= 4 is 39.1 Å². The molecule has 0 spiro atoms. The second kappa shape index (κ2) is 5.69. The predicted octanol–water partition coefficient (Wildman–Crippen LogP) is 4.84. The highest BCUT2D eigenvalue weighted by Gasteiger charge is 2.40. The smallest absolute Gasteiger partial charge is 0.0453 e. The maximum Gasteiger partial charge on any atom is 0.0453 e. The van der Waals surface area contributed by atoms with Gasteiger partial charge in [0.25, 0.3) is 0 Å². The van der Waals surface area contributed by atoms with E-state index in [0.29, 0.717) is 5.02 Å². The molecule has 1 nitrogen and oxygen atoms in total. The van der Waals surface area contributed by atoms with Crippen molar-refractivity contribution in [3.8, 4) is 0 Å². The van der Waals surface area contributed by atoms with Crippen molar-refractivity contribution in [2.24, 2.45) is 0 Å². The maximum absolute atomic E-state index is 6.33. The van der Waals surface area contributed by atoms with Gasteiger partial charge in [0.05, 0.1) is 0 Å². The van der Waals surface area contributed by atoms with Crippen LogP contribution in [0.2, 0.25) is 10.0 Å². The van der Waals surface area contributed by atoms with Crippen LogP contribution < -0.4 is 5.32 Å². The van der Waals surface area contributed by atoms with Crippen LogP contribution in [0, 0.1) is 0 Å². The lowest BCUT2D eigenvalue weighted by molar-refractivity contribution is 0.273. The maximum atomic E-state index is 6.33. The molecule has 4 heteroatoms. The van der Waals surface area contributed by atoms with Crippen LogP contribution in [0.3, 0.4) is 0 Å². The van der Waals surface area contributed by atoms with E-state index in [1.807, 2.05) is 24.3 Å². The number of hydrogen-bond acceptors (Lipinski definition) is 1. The van der Waals surface area contributed by atoms with E-state index in [4.69, 9.17) is 23.2 Å². The van der Waals surface area contributed by atoms with E-state index in [0.717, 1.165) is 34.6 Å². The molecule has 1 N–H and O–H groups in total. The van der Waals surface area contributed by atoms with Gasteiger partial charge in [-0.25, -0.2) is 0 Å². The Morgan fingerprint density at radius 1 is 1.10 bits per heavy atom. The Hall–Kier alpha value is -0.540. The zero-order valence-electron chi connectivity index (χ0n) is 10.8. The van der Waals surface area contributed by atoms with Gasteiger partial charge in [-0.15, -0.1) is 0 Å². The van der Waals surface area contributed by atoms with E-state index in [1.165, 1.54) is 5.56 Å². The quantitative estimate of drug-likeness (QED) is 0.815. The molecule has 0 amide bonds. The van der Waals surface area contributed by atoms with E-state index >= 15 is 0 Å². The second-order valence-corrected chi connectivity index (χ2v) is 6.97. The van der Waals surface area contributed by atoms with Gasteiger partial charge in [0.2, 0.25) is 0 Å². The molecule has 1 heterocycles. The normalized spacial score (nSPS) is 16.8. The first-order valence-electron chi connectivity index (χ1n) is 6.50. The van der Waals surface area contributed by atoms with Crippen LogP contribution in [0.15, 0.2) is 46.9 Å². The van der Waals surface area contributed by atoms with Crippen LogP contribution >= 0.6 is 39.1 Å². The van der Waals surface area contributed by atoms with Crippen molar-refractivity contribution < 1.29 is 0 Å². The fourth-order valence-corrected chi connectivity index (χ4v) is 3.94. The van der Waals surface area contributed by atoms with Gasteiger partial charge in [0.1, 0.15) is 0 Å². The minimum atomic E-state index is 0.109. The lowest BCUT2D eigenvalue weighted by Gasteiger charge is -2.44. The third kappa shape index (κ3) is 2.62. The summed E-state index contributed by atoms with van der Waals surface area (Å²) in [4.78, 5) is 0. The molecule has 0 unspecified atom stereocenters. The Balaban J connectivity index is 1.96. The second-order valence-electron chi connectivity index (χ2n) is 5.28. The Morgan fingerprint density at radius 2 is 1.85 bits per heavy atom. The zero-order valence-corrected chi connectivity index (χ0v) is 13.9. The average Bonchev–Trinajstić information content (AvgIpc) is 2.37. The first-order chi connectivity index (χ1) is 9.61. The van der Waals surface area contributed by atoms with Crippen molar-refractivity contribution in [2.45, 2.75) is 11.8 Å². The Bertz CT molecular complexity index is 638. The summed E-state index contributed by atoms with van der Waals surface area (Å²) in [5, 5.41) is 4.82. The van der Waals surface area contributed by atoms with E-state index < -0.39 is 0 Å². The highest BCUT2D eigenvalue weighted by Crippen LogP contribution is 2.38. The van der Waals surface area contributed by atoms with Crippen LogP contribution in [-0.4, -0.2) is 13.1 Å². The summed E-state index contributed by atoms with van der Waals surface area (Å²) < 4.78 is 1.16. The third-order valence-electron chi connectivity index (χ3n) is 3.92. The molecule has 104 valence electrons. The standard InChI is InChI=1S/C16H14BrCl2N/c17-14-4-2-1-3-13(14)16(9-20-10-16)8-11-5-6-12(18)7-15(11)19/h1-7,20H,8-10H2. The first kappa shape index (κ1) is 14.4. The predicted molar refractivity (Wildman–Crippen MR) is 88.9 cm³/mol. The van der Waals surface area contributed by atoms with Crippen LogP contribution in [0.5, 0.6) is 0 Å². The first-order valence-corrected chi connectivity index (χ1v) is 8.05. The summed E-state index contributed by atoms with van der Waals surface area (Å²) in [7, 11) is 0. The molecule has 2 aromatic carbocycles. The fraction of sp³-hybridized carbons (Fsp3) is 0.250. The summed E-state index contributed by atoms with van der Waals surface area (Å²) in [5.74, 6) is 0. The number of halogens is 3. The van der Waals surface area contributed by atoms with E-state index in [9.17, 15) is 0 Å². The van der Waals surface area contributed by atoms with Crippen molar-refractivity contribution in [3.63, 3.8) is 0 Å². The minimum absolute atomic E-state index is 0.109. The van der Waals surface area contributed by atoms with Gasteiger partial charge in [-0.1, -0.05) is 63.4 Å². The van der Waals surface area contributed by atoms with E-state index in [-0.39, 0.29) is 5.41 Å². The van der Waals surface area contributed by atoms with Gasteiger partial charge in [0.15, 0.2) is 0 Å². The molecule has 20 heavy (non-hydrogen) atoms. The SMILES string of the molecule is Clc1ccc(CC2(c3ccccc3Br)CNC2)c(Cl)c1. The highest BCUT2D eigenvalue weighted by atomic mass is 79.9. The molecule has 1 aliphatic rings. The van der Waals surface area contributed by atoms with Gasteiger partial charge < -0.3 is 5.32 Å². The summed E-state index contributed by atoms with van der Waals surface area (Å²) >= 11 is 16.0. The summed E-state index contributed by atoms with van der Waals surface area (Å²) in [5.41, 5.74) is 2.59. The van der Waals surface area contributed by atoms with Gasteiger partial charge in [-0.05, 0) is 35.7 Å². The van der Waals surface area contributed by atoms with Gasteiger partial charge in [-0.2, -0.15) is 0 Å². The number of nitrogens with one attached hydrogen (secondary N) is 1. The molecule has 1 aliphatic heterocycles. The summed E-state index contributed by atoms with van der Waals surface area (Å²) in [6.45, 7) is 1.93. The van der Waals surface area contributed by atoms with Crippen LogP contribution in [-0.2, 0) is 11.8 Å². The molecular weight excluding hydrogens is 357 g/mol. The molecular formula is C16H14BrCl2N. The Kier molecular flexibility index (Phi) is 4.09. The molecule has 2 aromatic rings. The summed E-state index contributed by atoms with van der Waals surface area (Å²) in [6, 6.07) is 14.2. The molecule has 0 aromatic heterocycles. The average molecular weight is 371 g/mol. The van der Waals surface area contributed by atoms with Gasteiger partial charge in [-0.3, -0.25) is 0 Å².